The Balaban J connectivity index is 2.12. The molecule has 0 saturated carbocycles. The molecular weight excluding hydrogens is 254 g/mol. The zero-order valence-corrected chi connectivity index (χ0v) is 10.9. The molecule has 3 N–H and O–H groups in total. The molecule has 1 aromatic carbocycles. The molecule has 6 heteroatoms. The Kier molecular flexibility index (Phi) is 3.82. The number of carbonyl (C=O) groups is 1. The third-order valence-corrected chi connectivity index (χ3v) is 2.76. The van der Waals surface area contributed by atoms with Crippen molar-refractivity contribution in [1.29, 1.82) is 5.26 Å². The van der Waals surface area contributed by atoms with Gasteiger partial charge in [0.05, 0.1) is 29.2 Å². The van der Waals surface area contributed by atoms with Crippen LogP contribution in [0.3, 0.4) is 0 Å². The fourth-order valence-electron chi connectivity index (χ4n) is 1.65. The van der Waals surface area contributed by atoms with Crippen LogP contribution in [0, 0.1) is 11.3 Å². The van der Waals surface area contributed by atoms with E-state index in [9.17, 15) is 4.79 Å². The van der Waals surface area contributed by atoms with Gasteiger partial charge in [-0.1, -0.05) is 0 Å². The molecule has 100 valence electrons. The molecule has 0 aliphatic heterocycles. The van der Waals surface area contributed by atoms with E-state index in [0.29, 0.717) is 22.6 Å². The van der Waals surface area contributed by atoms with Crippen molar-refractivity contribution < 1.29 is 4.79 Å². The molecule has 0 aliphatic carbocycles. The highest BCUT2D eigenvalue weighted by molar-refractivity contribution is 6.03. The van der Waals surface area contributed by atoms with Gasteiger partial charge in [0, 0.05) is 18.9 Å². The van der Waals surface area contributed by atoms with Gasteiger partial charge in [-0.05, 0) is 30.3 Å². The smallest absolute Gasteiger partial charge is 0.326 e. The minimum absolute atomic E-state index is 0.326. The first-order valence-electron chi connectivity index (χ1n) is 5.86. The van der Waals surface area contributed by atoms with E-state index >= 15 is 0 Å². The molecule has 20 heavy (non-hydrogen) atoms. The number of nitriles is 1. The number of rotatable bonds is 2. The van der Waals surface area contributed by atoms with Crippen LogP contribution < -0.4 is 16.0 Å². The van der Waals surface area contributed by atoms with Crippen LogP contribution >= 0.6 is 0 Å². The Morgan fingerprint density at radius 1 is 1.35 bits per heavy atom. The van der Waals surface area contributed by atoms with Gasteiger partial charge in [-0.15, -0.1) is 0 Å². The summed E-state index contributed by atoms with van der Waals surface area (Å²) in [6.07, 6.45) is 3.05. The van der Waals surface area contributed by atoms with E-state index in [-0.39, 0.29) is 6.03 Å². The summed E-state index contributed by atoms with van der Waals surface area (Å²) in [6.45, 7) is 0. The number of aromatic nitrogens is 1. The third-order valence-electron chi connectivity index (χ3n) is 2.76. The fraction of sp³-hybridized carbons (Fsp3) is 0.0714. The molecular formula is C14H13N5O. The van der Waals surface area contributed by atoms with E-state index in [4.69, 9.17) is 11.0 Å². The number of hydrogen-bond donors (Lipinski definition) is 2. The average Bonchev–Trinajstić information content (AvgIpc) is 2.48. The summed E-state index contributed by atoms with van der Waals surface area (Å²) in [5.74, 6) is 0. The zero-order chi connectivity index (χ0) is 14.5. The molecule has 6 nitrogen and oxygen atoms in total. The number of benzene rings is 1. The second kappa shape index (κ2) is 5.71. The molecule has 1 aromatic heterocycles. The third kappa shape index (κ3) is 2.84. The van der Waals surface area contributed by atoms with Crippen molar-refractivity contribution in [3.05, 3.63) is 48.3 Å². The number of nitrogens with zero attached hydrogens (tertiary/aromatic N) is 3. The molecule has 0 atom stereocenters. The standard InChI is InChI=1S/C14H13N5O/c1-19(13-6-7-17-9-12(13)16)14(20)18-11-4-2-10(8-15)3-5-11/h2-7,9H,16H2,1H3,(H,18,20). The molecule has 2 rings (SSSR count). The summed E-state index contributed by atoms with van der Waals surface area (Å²) in [4.78, 5) is 17.4. The van der Waals surface area contributed by atoms with Gasteiger partial charge in [0.25, 0.3) is 0 Å². The van der Waals surface area contributed by atoms with Gasteiger partial charge in [0.1, 0.15) is 0 Å². The van der Waals surface area contributed by atoms with E-state index in [0.717, 1.165) is 0 Å². The molecule has 0 spiro atoms. The predicted octanol–water partition coefficient (Wildman–Crippen LogP) is 2.20. The lowest BCUT2D eigenvalue weighted by Crippen LogP contribution is -2.31. The summed E-state index contributed by atoms with van der Waals surface area (Å²) in [5.41, 5.74) is 7.91. The van der Waals surface area contributed by atoms with Crippen LogP contribution in [0.2, 0.25) is 0 Å². The minimum Gasteiger partial charge on any atom is -0.396 e. The van der Waals surface area contributed by atoms with Crippen molar-refractivity contribution in [1.82, 2.24) is 4.98 Å². The first-order valence-corrected chi connectivity index (χ1v) is 5.86. The number of pyridine rings is 1. The molecule has 0 saturated heterocycles. The topological polar surface area (TPSA) is 95.0 Å². The average molecular weight is 267 g/mol. The van der Waals surface area contributed by atoms with Crippen LogP contribution in [-0.4, -0.2) is 18.1 Å². The maximum absolute atomic E-state index is 12.1. The van der Waals surface area contributed by atoms with Crippen LogP contribution in [0.4, 0.5) is 21.9 Å². The Bertz CT molecular complexity index is 660. The predicted molar refractivity (Wildman–Crippen MR) is 77.2 cm³/mol. The van der Waals surface area contributed by atoms with E-state index < -0.39 is 0 Å². The number of anilines is 3. The summed E-state index contributed by atoms with van der Waals surface area (Å²) < 4.78 is 0. The zero-order valence-electron chi connectivity index (χ0n) is 10.9. The number of nitrogens with one attached hydrogen (secondary N) is 1. The molecule has 0 radical (unpaired) electrons. The Morgan fingerprint density at radius 3 is 2.65 bits per heavy atom. The highest BCUT2D eigenvalue weighted by Crippen LogP contribution is 2.20. The lowest BCUT2D eigenvalue weighted by molar-refractivity contribution is 0.258. The van der Waals surface area contributed by atoms with E-state index in [1.54, 1.807) is 43.6 Å². The molecule has 2 amide bonds. The lowest BCUT2D eigenvalue weighted by Gasteiger charge is -2.19. The van der Waals surface area contributed by atoms with Crippen LogP contribution in [0.1, 0.15) is 5.56 Å². The van der Waals surface area contributed by atoms with Crippen LogP contribution in [0.5, 0.6) is 0 Å². The Hall–Kier alpha value is -3.07. The lowest BCUT2D eigenvalue weighted by atomic mass is 10.2. The highest BCUT2D eigenvalue weighted by atomic mass is 16.2. The Morgan fingerprint density at radius 2 is 2.05 bits per heavy atom. The molecule has 1 heterocycles. The SMILES string of the molecule is CN(C(=O)Nc1ccc(C#N)cc1)c1ccncc1N. The molecule has 0 aliphatic rings. The first-order chi connectivity index (χ1) is 9.61. The largest absolute Gasteiger partial charge is 0.396 e. The fourth-order valence-corrected chi connectivity index (χ4v) is 1.65. The van der Waals surface area contributed by atoms with Crippen LogP contribution in [0.15, 0.2) is 42.7 Å². The minimum atomic E-state index is -0.326. The van der Waals surface area contributed by atoms with Gasteiger partial charge in [-0.2, -0.15) is 5.26 Å². The van der Waals surface area contributed by atoms with E-state index in [1.165, 1.54) is 11.1 Å². The van der Waals surface area contributed by atoms with E-state index in [1.807, 2.05) is 6.07 Å². The maximum atomic E-state index is 12.1. The molecule has 0 bridgehead atoms. The van der Waals surface area contributed by atoms with Gasteiger partial charge in [0.15, 0.2) is 0 Å². The Labute approximate surface area is 116 Å². The number of nitrogen functional groups attached to an aromatic ring is 1. The van der Waals surface area contributed by atoms with Crippen molar-refractivity contribution >= 4 is 23.1 Å². The summed E-state index contributed by atoms with van der Waals surface area (Å²) in [6, 6.07) is 9.96. The highest BCUT2D eigenvalue weighted by Gasteiger charge is 2.13. The first kappa shape index (κ1) is 13.4. The number of amides is 2. The summed E-state index contributed by atoms with van der Waals surface area (Å²) in [7, 11) is 1.62. The normalized spacial score (nSPS) is 9.60. The van der Waals surface area contributed by atoms with E-state index in [2.05, 4.69) is 10.3 Å². The summed E-state index contributed by atoms with van der Waals surface area (Å²) in [5, 5.41) is 11.4. The van der Waals surface area contributed by atoms with Crippen molar-refractivity contribution in [2.75, 3.05) is 23.0 Å². The van der Waals surface area contributed by atoms with Gasteiger partial charge >= 0.3 is 6.03 Å². The van der Waals surface area contributed by atoms with Crippen LogP contribution in [-0.2, 0) is 0 Å². The molecule has 0 fully saturated rings. The maximum Gasteiger partial charge on any atom is 0.326 e. The quantitative estimate of drug-likeness (QED) is 0.872. The second-order valence-corrected chi connectivity index (χ2v) is 4.11. The number of hydrogen-bond acceptors (Lipinski definition) is 4. The number of nitrogens with two attached hydrogens (primary N) is 1. The molecule has 0 unspecified atom stereocenters. The van der Waals surface area contributed by atoms with Crippen LogP contribution in [0.25, 0.3) is 0 Å². The number of urea groups is 1. The second-order valence-electron chi connectivity index (χ2n) is 4.11. The summed E-state index contributed by atoms with van der Waals surface area (Å²) >= 11 is 0. The number of carbonyl (C=O) groups excluding carboxylic acids is 1. The van der Waals surface area contributed by atoms with Gasteiger partial charge in [-0.25, -0.2) is 4.79 Å². The van der Waals surface area contributed by atoms with Crippen molar-refractivity contribution in [3.8, 4) is 6.07 Å². The van der Waals surface area contributed by atoms with Gasteiger partial charge in [0.2, 0.25) is 0 Å². The van der Waals surface area contributed by atoms with Crippen molar-refractivity contribution in [3.63, 3.8) is 0 Å². The van der Waals surface area contributed by atoms with Gasteiger partial charge in [-0.3, -0.25) is 9.88 Å². The monoisotopic (exact) mass is 267 g/mol. The van der Waals surface area contributed by atoms with Crippen molar-refractivity contribution in [2.24, 2.45) is 0 Å². The van der Waals surface area contributed by atoms with Crippen molar-refractivity contribution in [2.45, 2.75) is 0 Å². The van der Waals surface area contributed by atoms with Gasteiger partial charge < -0.3 is 11.1 Å². The molecule has 2 aromatic rings.